The highest BCUT2D eigenvalue weighted by Gasteiger charge is 2.05. The number of ether oxygens (including phenoxy) is 2. The van der Waals surface area contributed by atoms with Crippen molar-refractivity contribution in [2.75, 3.05) is 7.11 Å². The van der Waals surface area contributed by atoms with Crippen LogP contribution in [-0.2, 0) is 13.7 Å². The molecule has 0 saturated heterocycles. The molecule has 0 unspecified atom stereocenters. The Morgan fingerprint density at radius 1 is 1.35 bits per heavy atom. The van der Waals surface area contributed by atoms with Gasteiger partial charge in [-0.2, -0.15) is 0 Å². The van der Waals surface area contributed by atoms with Crippen molar-refractivity contribution in [3.63, 3.8) is 0 Å². The molecule has 4 nitrogen and oxygen atoms in total. The Balaban J connectivity index is 2.04. The minimum absolute atomic E-state index is 0.426. The molecular weight excluding hydrogens is 284 g/mol. The van der Waals surface area contributed by atoms with Crippen LogP contribution in [0.15, 0.2) is 35.1 Å². The topological polar surface area (TPSA) is 36.3 Å². The Labute approximate surface area is 108 Å². The van der Waals surface area contributed by atoms with E-state index in [1.54, 1.807) is 13.3 Å². The van der Waals surface area contributed by atoms with Crippen LogP contribution < -0.4 is 9.47 Å². The van der Waals surface area contributed by atoms with Crippen LogP contribution in [0.3, 0.4) is 0 Å². The molecule has 0 atom stereocenters. The van der Waals surface area contributed by atoms with Gasteiger partial charge in [-0.3, -0.25) is 0 Å². The first-order valence-corrected chi connectivity index (χ1v) is 5.93. The Bertz CT molecular complexity index is 511. The third-order valence-corrected chi connectivity index (χ3v) is 3.17. The quantitative estimate of drug-likeness (QED) is 0.870. The van der Waals surface area contributed by atoms with Crippen molar-refractivity contribution < 1.29 is 9.47 Å². The predicted molar refractivity (Wildman–Crippen MR) is 68.2 cm³/mol. The van der Waals surface area contributed by atoms with Crippen LogP contribution in [0, 0.1) is 0 Å². The zero-order valence-corrected chi connectivity index (χ0v) is 11.3. The molecule has 0 amide bonds. The molecule has 0 aliphatic rings. The molecule has 0 saturated carbocycles. The van der Waals surface area contributed by atoms with Crippen molar-refractivity contribution in [2.45, 2.75) is 6.61 Å². The second kappa shape index (κ2) is 5.23. The van der Waals surface area contributed by atoms with Gasteiger partial charge in [0.15, 0.2) is 0 Å². The van der Waals surface area contributed by atoms with E-state index in [4.69, 9.17) is 9.47 Å². The number of aromatic nitrogens is 2. The van der Waals surface area contributed by atoms with Gasteiger partial charge >= 0.3 is 0 Å². The molecule has 0 fully saturated rings. The Morgan fingerprint density at radius 3 is 2.76 bits per heavy atom. The highest BCUT2D eigenvalue weighted by atomic mass is 79.9. The molecule has 0 aliphatic carbocycles. The third-order valence-electron chi connectivity index (χ3n) is 2.44. The SMILES string of the molecule is COc1cccc(OCc2ncc(Br)n2C)c1. The summed E-state index contributed by atoms with van der Waals surface area (Å²) in [4.78, 5) is 4.23. The van der Waals surface area contributed by atoms with Crippen LogP contribution in [0.4, 0.5) is 0 Å². The monoisotopic (exact) mass is 296 g/mol. The van der Waals surface area contributed by atoms with E-state index in [0.717, 1.165) is 21.9 Å². The van der Waals surface area contributed by atoms with E-state index in [9.17, 15) is 0 Å². The summed E-state index contributed by atoms with van der Waals surface area (Å²) in [6.07, 6.45) is 1.75. The van der Waals surface area contributed by atoms with Gasteiger partial charge in [-0.15, -0.1) is 0 Å². The largest absolute Gasteiger partial charge is 0.497 e. The summed E-state index contributed by atoms with van der Waals surface area (Å²) in [7, 11) is 3.57. The molecule has 1 heterocycles. The Hall–Kier alpha value is -1.49. The highest BCUT2D eigenvalue weighted by molar-refractivity contribution is 9.10. The Morgan fingerprint density at radius 2 is 2.12 bits per heavy atom. The van der Waals surface area contributed by atoms with E-state index in [-0.39, 0.29) is 0 Å². The van der Waals surface area contributed by atoms with Crippen molar-refractivity contribution >= 4 is 15.9 Å². The van der Waals surface area contributed by atoms with Crippen molar-refractivity contribution in [3.8, 4) is 11.5 Å². The van der Waals surface area contributed by atoms with Crippen molar-refractivity contribution in [2.24, 2.45) is 7.05 Å². The van der Waals surface area contributed by atoms with Crippen LogP contribution in [0.1, 0.15) is 5.82 Å². The van der Waals surface area contributed by atoms with E-state index < -0.39 is 0 Å². The normalized spacial score (nSPS) is 10.3. The summed E-state index contributed by atoms with van der Waals surface area (Å²) < 4.78 is 13.6. The van der Waals surface area contributed by atoms with Gasteiger partial charge in [-0.1, -0.05) is 6.07 Å². The van der Waals surface area contributed by atoms with Crippen LogP contribution in [-0.4, -0.2) is 16.7 Å². The minimum Gasteiger partial charge on any atom is -0.497 e. The van der Waals surface area contributed by atoms with Crippen molar-refractivity contribution in [3.05, 3.63) is 40.9 Å². The van der Waals surface area contributed by atoms with Gasteiger partial charge in [-0.25, -0.2) is 4.98 Å². The maximum Gasteiger partial charge on any atom is 0.147 e. The third kappa shape index (κ3) is 2.79. The molecule has 90 valence electrons. The van der Waals surface area contributed by atoms with Crippen molar-refractivity contribution in [1.29, 1.82) is 0 Å². The van der Waals surface area contributed by atoms with E-state index in [1.165, 1.54) is 0 Å². The summed E-state index contributed by atoms with van der Waals surface area (Å²) in [5.74, 6) is 2.41. The van der Waals surface area contributed by atoms with Gasteiger partial charge in [0.05, 0.1) is 13.3 Å². The van der Waals surface area contributed by atoms with Crippen LogP contribution in [0.2, 0.25) is 0 Å². The second-order valence-corrected chi connectivity index (χ2v) is 4.34. The zero-order chi connectivity index (χ0) is 12.3. The minimum atomic E-state index is 0.426. The number of imidazole rings is 1. The molecule has 0 radical (unpaired) electrons. The average Bonchev–Trinajstić information content (AvgIpc) is 2.68. The molecule has 1 aromatic heterocycles. The summed E-state index contributed by atoms with van der Waals surface area (Å²) in [6.45, 7) is 0.426. The number of methoxy groups -OCH3 is 1. The molecule has 1 aromatic carbocycles. The number of benzene rings is 1. The van der Waals surface area contributed by atoms with E-state index in [0.29, 0.717) is 6.61 Å². The number of halogens is 1. The first-order valence-electron chi connectivity index (χ1n) is 5.13. The lowest BCUT2D eigenvalue weighted by Crippen LogP contribution is -2.03. The van der Waals surface area contributed by atoms with Gasteiger partial charge in [0.25, 0.3) is 0 Å². The summed E-state index contributed by atoms with van der Waals surface area (Å²) in [6, 6.07) is 7.51. The maximum atomic E-state index is 5.64. The van der Waals surface area contributed by atoms with Gasteiger partial charge < -0.3 is 14.0 Å². The van der Waals surface area contributed by atoms with E-state index in [2.05, 4.69) is 20.9 Å². The number of rotatable bonds is 4. The number of nitrogens with zero attached hydrogens (tertiary/aromatic N) is 2. The van der Waals surface area contributed by atoms with Crippen LogP contribution in [0.25, 0.3) is 0 Å². The lowest BCUT2D eigenvalue weighted by molar-refractivity contribution is 0.289. The van der Waals surface area contributed by atoms with E-state index >= 15 is 0 Å². The standard InChI is InChI=1S/C12H13BrN2O2/c1-15-11(13)7-14-12(15)8-17-10-5-3-4-9(6-10)16-2/h3-7H,8H2,1-2H3. The summed E-state index contributed by atoms with van der Waals surface area (Å²) in [5.41, 5.74) is 0. The average molecular weight is 297 g/mol. The van der Waals surface area contributed by atoms with Gasteiger partial charge in [0.2, 0.25) is 0 Å². The smallest absolute Gasteiger partial charge is 0.147 e. The highest BCUT2D eigenvalue weighted by Crippen LogP contribution is 2.20. The first-order chi connectivity index (χ1) is 8.20. The lowest BCUT2D eigenvalue weighted by atomic mass is 10.3. The first kappa shape index (κ1) is 12.0. The van der Waals surface area contributed by atoms with Crippen molar-refractivity contribution in [1.82, 2.24) is 9.55 Å². The molecule has 0 spiro atoms. The van der Waals surface area contributed by atoms with E-state index in [1.807, 2.05) is 35.9 Å². The Kier molecular flexibility index (Phi) is 3.68. The van der Waals surface area contributed by atoms with Gasteiger partial charge in [0, 0.05) is 13.1 Å². The lowest BCUT2D eigenvalue weighted by Gasteiger charge is -2.07. The fourth-order valence-electron chi connectivity index (χ4n) is 1.40. The number of hydrogen-bond acceptors (Lipinski definition) is 3. The molecule has 0 bridgehead atoms. The molecule has 5 heteroatoms. The molecule has 2 rings (SSSR count). The van der Waals surface area contributed by atoms with Crippen LogP contribution >= 0.6 is 15.9 Å². The fraction of sp³-hybridized carbons (Fsp3) is 0.250. The molecule has 0 N–H and O–H groups in total. The summed E-state index contributed by atoms with van der Waals surface area (Å²) in [5, 5.41) is 0. The predicted octanol–water partition coefficient (Wildman–Crippen LogP) is 2.77. The fourth-order valence-corrected chi connectivity index (χ4v) is 1.70. The zero-order valence-electron chi connectivity index (χ0n) is 9.68. The molecule has 17 heavy (non-hydrogen) atoms. The van der Waals surface area contributed by atoms with Gasteiger partial charge in [-0.05, 0) is 28.1 Å². The molecular formula is C12H13BrN2O2. The molecule has 0 aliphatic heterocycles. The number of hydrogen-bond donors (Lipinski definition) is 0. The maximum absolute atomic E-state index is 5.64. The molecule has 2 aromatic rings. The second-order valence-electron chi connectivity index (χ2n) is 3.52. The van der Waals surface area contributed by atoms with Crippen LogP contribution in [0.5, 0.6) is 11.5 Å². The summed E-state index contributed by atoms with van der Waals surface area (Å²) >= 11 is 3.39. The van der Waals surface area contributed by atoms with Gasteiger partial charge in [0.1, 0.15) is 28.5 Å².